The summed E-state index contributed by atoms with van der Waals surface area (Å²) >= 11 is 5.77. The summed E-state index contributed by atoms with van der Waals surface area (Å²) < 4.78 is 13.5. The Bertz CT molecular complexity index is 338. The third kappa shape index (κ3) is 1.56. The fourth-order valence-electron chi connectivity index (χ4n) is 1.86. The van der Waals surface area contributed by atoms with Crippen LogP contribution in [0.2, 0.25) is 5.02 Å². The maximum atomic E-state index is 13.5. The standard InChI is InChI=1S/C10H11ClFN/c1-6-10-7(2-3-13-6)4-8(11)5-9(10)12/h4-6,13H,2-3H2,1H3. The van der Waals surface area contributed by atoms with Crippen LogP contribution < -0.4 is 5.32 Å². The number of halogens is 2. The molecule has 1 aromatic carbocycles. The van der Waals surface area contributed by atoms with Gasteiger partial charge < -0.3 is 5.32 Å². The quantitative estimate of drug-likeness (QED) is 0.678. The molecule has 3 heteroatoms. The van der Waals surface area contributed by atoms with E-state index < -0.39 is 0 Å². The van der Waals surface area contributed by atoms with Crippen LogP contribution in [0.5, 0.6) is 0 Å². The third-order valence-electron chi connectivity index (χ3n) is 2.46. The van der Waals surface area contributed by atoms with E-state index in [2.05, 4.69) is 5.32 Å². The van der Waals surface area contributed by atoms with Crippen LogP contribution in [0.3, 0.4) is 0 Å². The molecule has 1 aliphatic rings. The largest absolute Gasteiger partial charge is 0.310 e. The predicted molar refractivity (Wildman–Crippen MR) is 51.5 cm³/mol. The van der Waals surface area contributed by atoms with Crippen molar-refractivity contribution in [3.63, 3.8) is 0 Å². The molecule has 0 aliphatic carbocycles. The minimum absolute atomic E-state index is 0.0982. The molecule has 0 aromatic heterocycles. The van der Waals surface area contributed by atoms with Gasteiger partial charge in [-0.15, -0.1) is 0 Å². The lowest BCUT2D eigenvalue weighted by molar-refractivity contribution is 0.499. The second kappa shape index (κ2) is 3.28. The van der Waals surface area contributed by atoms with Crippen LogP contribution in [0.25, 0.3) is 0 Å². The molecule has 70 valence electrons. The molecular weight excluding hydrogens is 189 g/mol. The first-order valence-corrected chi connectivity index (χ1v) is 4.77. The molecule has 0 radical (unpaired) electrons. The second-order valence-electron chi connectivity index (χ2n) is 3.39. The van der Waals surface area contributed by atoms with E-state index in [-0.39, 0.29) is 11.9 Å². The minimum atomic E-state index is -0.192. The van der Waals surface area contributed by atoms with Gasteiger partial charge in [0.25, 0.3) is 0 Å². The lowest BCUT2D eigenvalue weighted by Crippen LogP contribution is -2.28. The molecule has 1 aliphatic heterocycles. The van der Waals surface area contributed by atoms with Gasteiger partial charge in [-0.05, 0) is 37.6 Å². The molecule has 13 heavy (non-hydrogen) atoms. The van der Waals surface area contributed by atoms with Crippen molar-refractivity contribution in [3.8, 4) is 0 Å². The maximum Gasteiger partial charge on any atom is 0.129 e. The summed E-state index contributed by atoms with van der Waals surface area (Å²) in [5, 5.41) is 3.71. The van der Waals surface area contributed by atoms with Gasteiger partial charge in [-0.1, -0.05) is 11.6 Å². The fraction of sp³-hybridized carbons (Fsp3) is 0.400. The van der Waals surface area contributed by atoms with E-state index in [1.807, 2.05) is 13.0 Å². The van der Waals surface area contributed by atoms with Crippen molar-refractivity contribution in [3.05, 3.63) is 34.1 Å². The topological polar surface area (TPSA) is 12.0 Å². The van der Waals surface area contributed by atoms with Gasteiger partial charge in [0.15, 0.2) is 0 Å². The summed E-state index contributed by atoms with van der Waals surface area (Å²) in [6, 6.07) is 3.34. The Morgan fingerprint density at radius 3 is 3.08 bits per heavy atom. The molecule has 0 bridgehead atoms. The molecule has 1 heterocycles. The van der Waals surface area contributed by atoms with Crippen LogP contribution in [0.15, 0.2) is 12.1 Å². The Kier molecular flexibility index (Phi) is 2.26. The smallest absolute Gasteiger partial charge is 0.129 e. The van der Waals surface area contributed by atoms with E-state index in [4.69, 9.17) is 11.6 Å². The van der Waals surface area contributed by atoms with Crippen LogP contribution in [0.1, 0.15) is 24.1 Å². The van der Waals surface area contributed by atoms with Gasteiger partial charge in [0.1, 0.15) is 5.82 Å². The highest BCUT2D eigenvalue weighted by molar-refractivity contribution is 6.30. The molecule has 1 N–H and O–H groups in total. The monoisotopic (exact) mass is 199 g/mol. The molecule has 1 nitrogen and oxygen atoms in total. The first-order chi connectivity index (χ1) is 6.18. The van der Waals surface area contributed by atoms with Gasteiger partial charge in [-0.2, -0.15) is 0 Å². The van der Waals surface area contributed by atoms with Crippen molar-refractivity contribution in [2.24, 2.45) is 0 Å². The van der Waals surface area contributed by atoms with Gasteiger partial charge in [0, 0.05) is 16.6 Å². The Hall–Kier alpha value is -0.600. The normalized spacial score (nSPS) is 21.3. The Labute approximate surface area is 81.9 Å². The summed E-state index contributed by atoms with van der Waals surface area (Å²) in [4.78, 5) is 0. The number of fused-ring (bicyclic) bond motifs is 1. The highest BCUT2D eigenvalue weighted by atomic mass is 35.5. The molecule has 0 spiro atoms. The maximum absolute atomic E-state index is 13.5. The summed E-state index contributed by atoms with van der Waals surface area (Å²) in [5.41, 5.74) is 1.81. The SMILES string of the molecule is CC1NCCc2cc(Cl)cc(F)c21. The number of nitrogens with one attached hydrogen (secondary N) is 1. The van der Waals surface area contributed by atoms with Gasteiger partial charge in [0.2, 0.25) is 0 Å². The lowest BCUT2D eigenvalue weighted by Gasteiger charge is -2.24. The number of rotatable bonds is 0. The molecule has 1 atom stereocenters. The summed E-state index contributed by atoms with van der Waals surface area (Å²) in [5.74, 6) is -0.192. The van der Waals surface area contributed by atoms with E-state index in [9.17, 15) is 4.39 Å². The first kappa shape index (κ1) is 8.97. The molecule has 0 fully saturated rings. The zero-order chi connectivity index (χ0) is 9.42. The molecule has 0 saturated carbocycles. The van der Waals surface area contributed by atoms with Gasteiger partial charge in [-0.25, -0.2) is 4.39 Å². The molecular formula is C10H11ClFN. The zero-order valence-corrected chi connectivity index (χ0v) is 8.16. The van der Waals surface area contributed by atoms with E-state index in [0.717, 1.165) is 24.1 Å². The van der Waals surface area contributed by atoms with Crippen molar-refractivity contribution in [1.82, 2.24) is 5.32 Å². The zero-order valence-electron chi connectivity index (χ0n) is 7.40. The minimum Gasteiger partial charge on any atom is -0.310 e. The van der Waals surface area contributed by atoms with Crippen LogP contribution in [0, 0.1) is 5.82 Å². The van der Waals surface area contributed by atoms with Crippen LogP contribution in [-0.2, 0) is 6.42 Å². The van der Waals surface area contributed by atoms with Gasteiger partial charge in [-0.3, -0.25) is 0 Å². The fourth-order valence-corrected chi connectivity index (χ4v) is 2.08. The van der Waals surface area contributed by atoms with Crippen LogP contribution in [-0.4, -0.2) is 6.54 Å². The molecule has 0 amide bonds. The number of hydrogen-bond donors (Lipinski definition) is 1. The van der Waals surface area contributed by atoms with Gasteiger partial charge in [0.05, 0.1) is 0 Å². The summed E-state index contributed by atoms with van der Waals surface area (Å²) in [6.45, 7) is 2.86. The summed E-state index contributed by atoms with van der Waals surface area (Å²) in [6.07, 6.45) is 0.858. The van der Waals surface area contributed by atoms with E-state index in [0.29, 0.717) is 5.02 Å². The highest BCUT2D eigenvalue weighted by Crippen LogP contribution is 2.28. The van der Waals surface area contributed by atoms with Crippen LogP contribution in [0.4, 0.5) is 4.39 Å². The predicted octanol–water partition coefficient (Wildman–Crippen LogP) is 2.69. The molecule has 0 saturated heterocycles. The molecule has 1 aromatic rings. The van der Waals surface area contributed by atoms with Crippen molar-refractivity contribution in [2.45, 2.75) is 19.4 Å². The Morgan fingerprint density at radius 2 is 2.31 bits per heavy atom. The van der Waals surface area contributed by atoms with Crippen molar-refractivity contribution < 1.29 is 4.39 Å². The Morgan fingerprint density at radius 1 is 1.54 bits per heavy atom. The number of benzene rings is 1. The summed E-state index contributed by atoms with van der Waals surface area (Å²) in [7, 11) is 0. The Balaban J connectivity index is 2.56. The van der Waals surface area contributed by atoms with Crippen LogP contribution >= 0.6 is 11.6 Å². The third-order valence-corrected chi connectivity index (χ3v) is 2.68. The van der Waals surface area contributed by atoms with Crippen molar-refractivity contribution >= 4 is 11.6 Å². The number of hydrogen-bond acceptors (Lipinski definition) is 1. The van der Waals surface area contributed by atoms with Gasteiger partial charge >= 0.3 is 0 Å². The van der Waals surface area contributed by atoms with E-state index >= 15 is 0 Å². The lowest BCUT2D eigenvalue weighted by atomic mass is 9.95. The highest BCUT2D eigenvalue weighted by Gasteiger charge is 2.19. The van der Waals surface area contributed by atoms with Crippen molar-refractivity contribution in [1.29, 1.82) is 0 Å². The van der Waals surface area contributed by atoms with E-state index in [1.54, 1.807) is 0 Å². The van der Waals surface area contributed by atoms with Crippen molar-refractivity contribution in [2.75, 3.05) is 6.54 Å². The molecule has 1 unspecified atom stereocenters. The first-order valence-electron chi connectivity index (χ1n) is 4.39. The second-order valence-corrected chi connectivity index (χ2v) is 3.82. The average Bonchev–Trinajstić information content (AvgIpc) is 2.02. The average molecular weight is 200 g/mol. The van der Waals surface area contributed by atoms with E-state index in [1.165, 1.54) is 6.07 Å². The molecule has 2 rings (SSSR count).